The normalized spacial score (nSPS) is 20.4. The van der Waals surface area contributed by atoms with Crippen LogP contribution in [0, 0.1) is 0 Å². The molecule has 2 amide bonds. The summed E-state index contributed by atoms with van der Waals surface area (Å²) in [5.41, 5.74) is 2.45. The monoisotopic (exact) mass is 516 g/mol. The number of hydrogen-bond donors (Lipinski definition) is 1. The van der Waals surface area contributed by atoms with Crippen LogP contribution in [-0.4, -0.2) is 57.6 Å². The van der Waals surface area contributed by atoms with E-state index in [4.69, 9.17) is 13.9 Å². The number of carbonyl (C=O) groups is 2. The van der Waals surface area contributed by atoms with Gasteiger partial charge in [-0.1, -0.05) is 51.1 Å². The SMILES string of the molecule is COC(=O)C1=C(CCCCO[Si](C)(C)C(C)(C)C)NC(=O)N2[C@@H](CCOCc3ccccc3)CC[C@H]12. The first-order valence-electron chi connectivity index (χ1n) is 13.2. The number of allylic oxidation sites excluding steroid dienone is 1. The van der Waals surface area contributed by atoms with Crippen LogP contribution in [0.2, 0.25) is 18.1 Å². The van der Waals surface area contributed by atoms with E-state index in [-0.39, 0.29) is 29.1 Å². The minimum atomic E-state index is -1.77. The number of esters is 1. The van der Waals surface area contributed by atoms with Gasteiger partial charge in [-0.05, 0) is 62.2 Å². The Bertz CT molecular complexity index is 926. The predicted octanol–water partition coefficient (Wildman–Crippen LogP) is 5.77. The lowest BCUT2D eigenvalue weighted by atomic mass is 9.97. The van der Waals surface area contributed by atoms with E-state index in [1.807, 2.05) is 35.2 Å². The summed E-state index contributed by atoms with van der Waals surface area (Å²) in [6.07, 6.45) is 4.71. The average Bonchev–Trinajstić information content (AvgIpc) is 3.25. The summed E-state index contributed by atoms with van der Waals surface area (Å²) in [6.45, 7) is 13.0. The molecule has 1 aromatic rings. The summed E-state index contributed by atoms with van der Waals surface area (Å²) in [6, 6.07) is 9.76. The highest BCUT2D eigenvalue weighted by Crippen LogP contribution is 2.38. The van der Waals surface area contributed by atoms with E-state index >= 15 is 0 Å². The number of benzene rings is 1. The van der Waals surface area contributed by atoms with Gasteiger partial charge in [-0.15, -0.1) is 0 Å². The molecule has 36 heavy (non-hydrogen) atoms. The van der Waals surface area contributed by atoms with Crippen molar-refractivity contribution in [3.05, 3.63) is 47.2 Å². The van der Waals surface area contributed by atoms with Gasteiger partial charge in [0.1, 0.15) is 0 Å². The molecule has 1 saturated heterocycles. The number of nitrogens with zero attached hydrogens (tertiary/aromatic N) is 1. The summed E-state index contributed by atoms with van der Waals surface area (Å²) in [5, 5.41) is 3.20. The van der Waals surface area contributed by atoms with Crippen molar-refractivity contribution in [2.24, 2.45) is 0 Å². The minimum absolute atomic E-state index is 0.0463. The van der Waals surface area contributed by atoms with E-state index in [0.29, 0.717) is 37.5 Å². The van der Waals surface area contributed by atoms with Crippen LogP contribution in [0.1, 0.15) is 64.9 Å². The van der Waals surface area contributed by atoms with Crippen molar-refractivity contribution in [2.75, 3.05) is 20.3 Å². The Morgan fingerprint density at radius 2 is 1.83 bits per heavy atom. The molecule has 0 spiro atoms. The summed E-state index contributed by atoms with van der Waals surface area (Å²) in [4.78, 5) is 27.7. The molecule has 0 radical (unpaired) electrons. The maximum absolute atomic E-state index is 13.1. The van der Waals surface area contributed by atoms with Crippen molar-refractivity contribution in [3.63, 3.8) is 0 Å². The number of unbranched alkanes of at least 4 members (excludes halogenated alkanes) is 1. The Balaban J connectivity index is 1.56. The Morgan fingerprint density at radius 1 is 1.11 bits per heavy atom. The standard InChI is InChI=1S/C28H44N2O5Si/c1-28(2,3)36(5,6)35-18-11-10-14-23-25(26(31)33-4)24-16-15-22(30(24)27(32)29-23)17-19-34-20-21-12-8-7-9-13-21/h7-9,12-13,22,24H,10-11,14-20H2,1-6H3,(H,29,32)/t22-,24-/m1/s1. The minimum Gasteiger partial charge on any atom is -0.466 e. The Hall–Kier alpha value is -2.16. The van der Waals surface area contributed by atoms with Crippen LogP contribution in [0.25, 0.3) is 0 Å². The van der Waals surface area contributed by atoms with E-state index in [1.54, 1.807) is 0 Å². The zero-order valence-corrected chi connectivity index (χ0v) is 23.9. The number of carbonyl (C=O) groups excluding carboxylic acids is 2. The van der Waals surface area contributed by atoms with Gasteiger partial charge in [-0.3, -0.25) is 0 Å². The second-order valence-electron chi connectivity index (χ2n) is 11.4. The van der Waals surface area contributed by atoms with Gasteiger partial charge >= 0.3 is 12.0 Å². The lowest BCUT2D eigenvalue weighted by molar-refractivity contribution is -0.136. The molecular weight excluding hydrogens is 472 g/mol. The first-order valence-corrected chi connectivity index (χ1v) is 16.1. The molecule has 2 aliphatic rings. The number of methoxy groups -OCH3 is 1. The van der Waals surface area contributed by atoms with Crippen molar-refractivity contribution in [1.82, 2.24) is 10.2 Å². The van der Waals surface area contributed by atoms with Crippen LogP contribution in [-0.2, 0) is 25.3 Å². The summed E-state index contributed by atoms with van der Waals surface area (Å²) < 4.78 is 17.3. The molecular formula is C28H44N2O5Si. The number of hydrogen-bond acceptors (Lipinski definition) is 5. The summed E-state index contributed by atoms with van der Waals surface area (Å²) >= 11 is 0. The second kappa shape index (κ2) is 12.4. The average molecular weight is 517 g/mol. The van der Waals surface area contributed by atoms with Gasteiger partial charge in [0.15, 0.2) is 8.32 Å². The smallest absolute Gasteiger partial charge is 0.337 e. The molecule has 1 fully saturated rings. The van der Waals surface area contributed by atoms with Crippen molar-refractivity contribution >= 4 is 20.3 Å². The predicted molar refractivity (Wildman–Crippen MR) is 144 cm³/mol. The second-order valence-corrected chi connectivity index (χ2v) is 16.2. The highest BCUT2D eigenvalue weighted by molar-refractivity contribution is 6.74. The number of nitrogens with one attached hydrogen (secondary N) is 1. The zero-order chi connectivity index (χ0) is 26.3. The van der Waals surface area contributed by atoms with E-state index in [9.17, 15) is 9.59 Å². The third-order valence-corrected chi connectivity index (χ3v) is 12.4. The van der Waals surface area contributed by atoms with E-state index in [2.05, 4.69) is 39.2 Å². The third kappa shape index (κ3) is 6.98. The lowest BCUT2D eigenvalue weighted by Crippen LogP contribution is -2.53. The topological polar surface area (TPSA) is 77.1 Å². The molecule has 8 heteroatoms. The van der Waals surface area contributed by atoms with Gasteiger partial charge in [0.25, 0.3) is 0 Å². The summed E-state index contributed by atoms with van der Waals surface area (Å²) in [7, 11) is -0.367. The molecule has 2 aliphatic heterocycles. The molecule has 0 aromatic heterocycles. The van der Waals surface area contributed by atoms with Gasteiger partial charge in [0.2, 0.25) is 0 Å². The quantitative estimate of drug-likeness (QED) is 0.217. The van der Waals surface area contributed by atoms with Crippen LogP contribution >= 0.6 is 0 Å². The highest BCUT2D eigenvalue weighted by atomic mass is 28.4. The Morgan fingerprint density at radius 3 is 2.50 bits per heavy atom. The lowest BCUT2D eigenvalue weighted by Gasteiger charge is -2.37. The maximum atomic E-state index is 13.1. The number of fused-ring (bicyclic) bond motifs is 1. The molecule has 0 saturated carbocycles. The molecule has 2 atom stereocenters. The number of rotatable bonds is 12. The molecule has 1 aromatic carbocycles. The van der Waals surface area contributed by atoms with Gasteiger partial charge in [-0.25, -0.2) is 9.59 Å². The number of ether oxygens (including phenoxy) is 2. The van der Waals surface area contributed by atoms with Crippen molar-refractivity contribution in [1.29, 1.82) is 0 Å². The molecule has 2 heterocycles. The van der Waals surface area contributed by atoms with E-state index in [0.717, 1.165) is 37.7 Å². The molecule has 7 nitrogen and oxygen atoms in total. The fourth-order valence-corrected chi connectivity index (χ4v) is 5.80. The van der Waals surface area contributed by atoms with Crippen LogP contribution in [0.4, 0.5) is 4.79 Å². The van der Waals surface area contributed by atoms with Crippen molar-refractivity contribution in [2.45, 2.75) is 96.1 Å². The molecule has 0 aliphatic carbocycles. The fraction of sp³-hybridized carbons (Fsp3) is 0.643. The highest BCUT2D eigenvalue weighted by Gasteiger charge is 2.45. The van der Waals surface area contributed by atoms with Gasteiger partial charge in [0, 0.05) is 25.0 Å². The molecule has 0 unspecified atom stereocenters. The largest absolute Gasteiger partial charge is 0.466 e. The zero-order valence-electron chi connectivity index (χ0n) is 22.9. The molecule has 1 N–H and O–H groups in total. The molecule has 0 bridgehead atoms. The van der Waals surface area contributed by atoms with Crippen LogP contribution in [0.3, 0.4) is 0 Å². The fourth-order valence-electron chi connectivity index (χ4n) is 4.72. The van der Waals surface area contributed by atoms with Crippen LogP contribution in [0.15, 0.2) is 41.6 Å². The third-order valence-electron chi connectivity index (χ3n) is 7.86. The maximum Gasteiger partial charge on any atom is 0.337 e. The van der Waals surface area contributed by atoms with Crippen LogP contribution in [0.5, 0.6) is 0 Å². The van der Waals surface area contributed by atoms with Gasteiger partial charge in [0.05, 0.1) is 25.3 Å². The molecule has 200 valence electrons. The first-order chi connectivity index (χ1) is 17.0. The Kier molecular flexibility index (Phi) is 9.77. The van der Waals surface area contributed by atoms with Crippen molar-refractivity contribution in [3.8, 4) is 0 Å². The van der Waals surface area contributed by atoms with Crippen LogP contribution < -0.4 is 5.32 Å². The van der Waals surface area contributed by atoms with Crippen molar-refractivity contribution < 1.29 is 23.5 Å². The van der Waals surface area contributed by atoms with E-state index < -0.39 is 8.32 Å². The molecule has 3 rings (SSSR count). The number of urea groups is 1. The van der Waals surface area contributed by atoms with E-state index in [1.165, 1.54) is 7.11 Å². The number of amides is 2. The first kappa shape index (κ1) is 28.4. The van der Waals surface area contributed by atoms with Gasteiger partial charge < -0.3 is 24.1 Å². The Labute approximate surface area is 217 Å². The van der Waals surface area contributed by atoms with Gasteiger partial charge in [-0.2, -0.15) is 0 Å². The summed E-state index contributed by atoms with van der Waals surface area (Å²) in [5.74, 6) is -0.349.